The molecule has 1 saturated heterocycles. The van der Waals surface area contributed by atoms with Crippen LogP contribution >= 0.6 is 0 Å². The number of carbonyl (C=O) groups excluding carboxylic acids is 1. The highest BCUT2D eigenvalue weighted by Crippen LogP contribution is 2.25. The summed E-state index contributed by atoms with van der Waals surface area (Å²) in [6, 6.07) is 6.61. The summed E-state index contributed by atoms with van der Waals surface area (Å²) in [5.74, 6) is 0.202. The van der Waals surface area contributed by atoms with E-state index in [1.807, 2.05) is 11.1 Å². The molecule has 0 unspecified atom stereocenters. The summed E-state index contributed by atoms with van der Waals surface area (Å²) >= 11 is 0. The number of aliphatic hydroxyl groups is 1. The van der Waals surface area contributed by atoms with E-state index in [2.05, 4.69) is 35.0 Å². The van der Waals surface area contributed by atoms with Gasteiger partial charge >= 0.3 is 0 Å². The fourth-order valence-electron chi connectivity index (χ4n) is 4.37. The normalized spacial score (nSPS) is 25.0. The molecule has 2 N–H and O–H groups in total. The number of benzene rings is 1. The molecular weight excluding hydrogens is 314 g/mol. The molecule has 0 spiro atoms. The molecule has 0 radical (unpaired) electrons. The molecule has 1 saturated carbocycles. The predicted molar refractivity (Wildman–Crippen MR) is 98.5 cm³/mol. The van der Waals surface area contributed by atoms with Crippen molar-refractivity contribution < 1.29 is 9.90 Å². The van der Waals surface area contributed by atoms with Crippen molar-refractivity contribution >= 4 is 16.8 Å². The Morgan fingerprint density at radius 2 is 2.04 bits per heavy atom. The van der Waals surface area contributed by atoms with Gasteiger partial charge in [0.1, 0.15) is 0 Å². The monoisotopic (exact) mass is 341 g/mol. The lowest BCUT2D eigenvalue weighted by Gasteiger charge is -2.39. The highest BCUT2D eigenvalue weighted by molar-refractivity contribution is 5.89. The van der Waals surface area contributed by atoms with Gasteiger partial charge in [0, 0.05) is 49.3 Å². The van der Waals surface area contributed by atoms with Gasteiger partial charge in [0.25, 0.3) is 0 Å². The Hall–Kier alpha value is -1.85. The summed E-state index contributed by atoms with van der Waals surface area (Å²) in [5.41, 5.74) is 3.40. The Labute approximate surface area is 148 Å². The number of piperazine rings is 1. The first-order valence-corrected chi connectivity index (χ1v) is 9.38. The minimum atomic E-state index is -0.183. The number of aromatic nitrogens is 1. The molecule has 25 heavy (non-hydrogen) atoms. The van der Waals surface area contributed by atoms with Crippen LogP contribution in [-0.4, -0.2) is 64.1 Å². The molecule has 2 atom stereocenters. The van der Waals surface area contributed by atoms with E-state index in [0.717, 1.165) is 61.9 Å². The van der Waals surface area contributed by atoms with E-state index in [4.69, 9.17) is 0 Å². The van der Waals surface area contributed by atoms with Crippen molar-refractivity contribution in [3.63, 3.8) is 0 Å². The lowest BCUT2D eigenvalue weighted by atomic mass is 10.1. The maximum Gasteiger partial charge on any atom is 0.227 e. The molecule has 1 aromatic heterocycles. The van der Waals surface area contributed by atoms with Crippen LogP contribution in [0.5, 0.6) is 0 Å². The predicted octanol–water partition coefficient (Wildman–Crippen LogP) is 2.08. The third kappa shape index (κ3) is 3.31. The smallest absolute Gasteiger partial charge is 0.227 e. The van der Waals surface area contributed by atoms with Crippen LogP contribution in [0.4, 0.5) is 0 Å². The van der Waals surface area contributed by atoms with E-state index in [9.17, 15) is 9.90 Å². The van der Waals surface area contributed by atoms with E-state index >= 15 is 0 Å². The first-order valence-electron chi connectivity index (χ1n) is 9.38. The molecule has 0 bridgehead atoms. The largest absolute Gasteiger partial charge is 0.391 e. The number of nitrogens with zero attached hydrogens (tertiary/aromatic N) is 2. The Morgan fingerprint density at radius 3 is 2.76 bits per heavy atom. The molecule has 134 valence electrons. The number of rotatable bonds is 3. The third-order valence-electron chi connectivity index (χ3n) is 5.84. The van der Waals surface area contributed by atoms with Crippen molar-refractivity contribution in [2.75, 3.05) is 26.2 Å². The molecule has 2 aliphatic rings. The summed E-state index contributed by atoms with van der Waals surface area (Å²) in [6.07, 6.45) is 5.36. The van der Waals surface area contributed by atoms with Crippen LogP contribution < -0.4 is 0 Å². The molecule has 1 aliphatic carbocycles. The number of carbonyl (C=O) groups is 1. The summed E-state index contributed by atoms with van der Waals surface area (Å²) in [6.45, 7) is 5.36. The van der Waals surface area contributed by atoms with Crippen LogP contribution in [0.15, 0.2) is 24.4 Å². The standard InChI is InChI=1S/C20H27N3O2/c1-14-5-6-16-15(13-21-17(16)11-14)12-20(25)23-9-7-22(8-10-23)18-3-2-4-19(18)24/h5-6,11,13,18-19,21,24H,2-4,7-10,12H2,1H3/t18-,19-/m1/s1. The Morgan fingerprint density at radius 1 is 1.24 bits per heavy atom. The number of aliphatic hydroxyl groups excluding tert-OH is 1. The van der Waals surface area contributed by atoms with Crippen molar-refractivity contribution in [3.8, 4) is 0 Å². The van der Waals surface area contributed by atoms with E-state index in [-0.39, 0.29) is 12.0 Å². The van der Waals surface area contributed by atoms with Crippen LogP contribution in [0.3, 0.4) is 0 Å². The molecule has 5 heteroatoms. The molecule has 1 aliphatic heterocycles. The molecule has 2 aromatic rings. The molecule has 1 aromatic carbocycles. The molecule has 4 rings (SSSR count). The van der Waals surface area contributed by atoms with Gasteiger partial charge in [-0.1, -0.05) is 12.1 Å². The summed E-state index contributed by atoms with van der Waals surface area (Å²) < 4.78 is 0. The van der Waals surface area contributed by atoms with Crippen LogP contribution in [-0.2, 0) is 11.2 Å². The molecule has 2 fully saturated rings. The van der Waals surface area contributed by atoms with Crippen molar-refractivity contribution in [1.82, 2.24) is 14.8 Å². The number of H-pyrrole nitrogens is 1. The second-order valence-corrected chi connectivity index (χ2v) is 7.52. The number of hydrogen-bond donors (Lipinski definition) is 2. The van der Waals surface area contributed by atoms with Crippen molar-refractivity contribution in [2.24, 2.45) is 0 Å². The van der Waals surface area contributed by atoms with Gasteiger partial charge in [-0.25, -0.2) is 0 Å². The summed E-state index contributed by atoms with van der Waals surface area (Å²) in [4.78, 5) is 20.3. The Bertz CT molecular complexity index is 761. The lowest BCUT2D eigenvalue weighted by Crippen LogP contribution is -2.53. The number of fused-ring (bicyclic) bond motifs is 1. The highest BCUT2D eigenvalue weighted by Gasteiger charge is 2.33. The van der Waals surface area contributed by atoms with Crippen molar-refractivity contribution in [2.45, 2.75) is 44.8 Å². The average molecular weight is 341 g/mol. The van der Waals surface area contributed by atoms with Gasteiger partial charge in [-0.3, -0.25) is 9.69 Å². The van der Waals surface area contributed by atoms with E-state index in [1.54, 1.807) is 0 Å². The number of aromatic amines is 1. The van der Waals surface area contributed by atoms with Gasteiger partial charge < -0.3 is 15.0 Å². The zero-order valence-corrected chi connectivity index (χ0v) is 14.9. The van der Waals surface area contributed by atoms with Gasteiger partial charge in [0.15, 0.2) is 0 Å². The second-order valence-electron chi connectivity index (χ2n) is 7.52. The van der Waals surface area contributed by atoms with Crippen molar-refractivity contribution in [3.05, 3.63) is 35.5 Å². The summed E-state index contributed by atoms with van der Waals surface area (Å²) in [5, 5.41) is 11.2. The third-order valence-corrected chi connectivity index (χ3v) is 5.84. The van der Waals surface area contributed by atoms with Gasteiger partial charge in [0.2, 0.25) is 5.91 Å². The molecule has 1 amide bonds. The van der Waals surface area contributed by atoms with E-state index < -0.39 is 0 Å². The first kappa shape index (κ1) is 16.6. The number of hydrogen-bond acceptors (Lipinski definition) is 3. The van der Waals surface area contributed by atoms with E-state index in [0.29, 0.717) is 12.5 Å². The highest BCUT2D eigenvalue weighted by atomic mass is 16.3. The van der Waals surface area contributed by atoms with Crippen molar-refractivity contribution in [1.29, 1.82) is 0 Å². The van der Waals surface area contributed by atoms with Crippen LogP contribution in [0.1, 0.15) is 30.4 Å². The molecule has 5 nitrogen and oxygen atoms in total. The fourth-order valence-corrected chi connectivity index (χ4v) is 4.37. The minimum absolute atomic E-state index is 0.183. The Balaban J connectivity index is 1.37. The fraction of sp³-hybridized carbons (Fsp3) is 0.550. The maximum atomic E-state index is 12.7. The number of aryl methyl sites for hydroxylation is 1. The zero-order valence-electron chi connectivity index (χ0n) is 14.9. The van der Waals surface area contributed by atoms with Crippen LogP contribution in [0.25, 0.3) is 10.9 Å². The maximum absolute atomic E-state index is 12.7. The van der Waals surface area contributed by atoms with Gasteiger partial charge in [0.05, 0.1) is 12.5 Å². The van der Waals surface area contributed by atoms with Gasteiger partial charge in [-0.2, -0.15) is 0 Å². The minimum Gasteiger partial charge on any atom is -0.391 e. The SMILES string of the molecule is Cc1ccc2c(CC(=O)N3CCN([C@@H]4CCC[C@H]4O)CC3)c[nH]c2c1. The van der Waals surface area contributed by atoms with E-state index in [1.165, 1.54) is 5.56 Å². The second kappa shape index (κ2) is 6.81. The lowest BCUT2D eigenvalue weighted by molar-refractivity contribution is -0.132. The average Bonchev–Trinajstić information content (AvgIpc) is 3.21. The quantitative estimate of drug-likeness (QED) is 0.899. The topological polar surface area (TPSA) is 59.6 Å². The summed E-state index contributed by atoms with van der Waals surface area (Å²) in [7, 11) is 0. The number of nitrogens with one attached hydrogen (secondary N) is 1. The number of amides is 1. The first-order chi connectivity index (χ1) is 12.1. The zero-order chi connectivity index (χ0) is 17.4. The molecular formula is C20H27N3O2. The van der Waals surface area contributed by atoms with Gasteiger partial charge in [-0.05, 0) is 43.4 Å². The van der Waals surface area contributed by atoms with Crippen LogP contribution in [0, 0.1) is 6.92 Å². The van der Waals surface area contributed by atoms with Gasteiger partial charge in [-0.15, -0.1) is 0 Å². The Kier molecular flexibility index (Phi) is 4.52. The van der Waals surface area contributed by atoms with Crippen LogP contribution in [0.2, 0.25) is 0 Å². The molecule has 2 heterocycles.